The van der Waals surface area contributed by atoms with Crippen LogP contribution in [0.3, 0.4) is 0 Å². The van der Waals surface area contributed by atoms with Crippen LogP contribution in [0.1, 0.15) is 44.1 Å². The van der Waals surface area contributed by atoms with Crippen LogP contribution in [-0.4, -0.2) is 11.7 Å². The zero-order valence-corrected chi connectivity index (χ0v) is 12.3. The molecular formula is C19H21NO. The van der Waals surface area contributed by atoms with Gasteiger partial charge in [-0.25, -0.2) is 0 Å². The smallest absolute Gasteiger partial charge is 0.147 e. The van der Waals surface area contributed by atoms with Crippen LogP contribution in [-0.2, 0) is 10.2 Å². The van der Waals surface area contributed by atoms with E-state index in [1.54, 1.807) is 5.56 Å². The molecule has 1 aromatic rings. The second-order valence-corrected chi connectivity index (χ2v) is 7.88. The normalized spacial score (nSPS) is 49.9. The molecule has 2 heteroatoms. The van der Waals surface area contributed by atoms with Gasteiger partial charge in [-0.05, 0) is 60.8 Å². The third-order valence-electron chi connectivity index (χ3n) is 6.97. The molecule has 3 atom stereocenters. The first kappa shape index (κ1) is 12.2. The zero-order chi connectivity index (χ0) is 14.1. The molecule has 0 N–H and O–H groups in total. The van der Waals surface area contributed by atoms with Crippen LogP contribution in [0.25, 0.3) is 0 Å². The Kier molecular flexibility index (Phi) is 2.27. The van der Waals surface area contributed by atoms with Crippen molar-refractivity contribution in [2.75, 3.05) is 0 Å². The van der Waals surface area contributed by atoms with Crippen LogP contribution >= 0.6 is 0 Å². The van der Waals surface area contributed by atoms with E-state index in [0.29, 0.717) is 17.3 Å². The van der Waals surface area contributed by atoms with E-state index in [0.717, 1.165) is 12.3 Å². The molecule has 0 radical (unpaired) electrons. The number of hydrogen-bond donors (Lipinski definition) is 0. The molecule has 5 aliphatic rings. The van der Waals surface area contributed by atoms with Crippen molar-refractivity contribution in [3.63, 3.8) is 0 Å². The van der Waals surface area contributed by atoms with Crippen LogP contribution in [0.5, 0.6) is 0 Å². The summed E-state index contributed by atoms with van der Waals surface area (Å²) in [6, 6.07) is 13.5. The lowest BCUT2D eigenvalue weighted by Crippen LogP contribution is -2.69. The van der Waals surface area contributed by atoms with Gasteiger partial charge >= 0.3 is 0 Å². The molecule has 4 aliphatic carbocycles. The lowest BCUT2D eigenvalue weighted by atomic mass is 9.41. The highest BCUT2D eigenvalue weighted by atomic mass is 16.5. The van der Waals surface area contributed by atoms with E-state index < -0.39 is 0 Å². The van der Waals surface area contributed by atoms with Gasteiger partial charge < -0.3 is 4.74 Å². The minimum atomic E-state index is -0.129. The predicted octanol–water partition coefficient (Wildman–Crippen LogP) is 3.82. The standard InChI is InChI=1S/C19H21NO/c20-12-17-11-19(21-17)15-6-13-7-16(19)10-18(8-13,9-15)14-4-2-1-3-5-14/h1-5,13,15-17H,6-11H2. The molecule has 1 spiro atoms. The van der Waals surface area contributed by atoms with Crippen molar-refractivity contribution in [3.8, 4) is 6.07 Å². The number of nitrogens with zero attached hydrogens (tertiary/aromatic N) is 1. The van der Waals surface area contributed by atoms with E-state index in [1.807, 2.05) is 0 Å². The number of hydrogen-bond acceptors (Lipinski definition) is 2. The van der Waals surface area contributed by atoms with Gasteiger partial charge in [-0.2, -0.15) is 5.26 Å². The fourth-order valence-electron chi connectivity index (χ4n) is 6.35. The summed E-state index contributed by atoms with van der Waals surface area (Å²) in [5.41, 5.74) is 2.04. The van der Waals surface area contributed by atoms with Crippen molar-refractivity contribution in [2.45, 2.75) is 55.6 Å². The zero-order valence-electron chi connectivity index (χ0n) is 12.3. The summed E-state index contributed by atoms with van der Waals surface area (Å²) < 4.78 is 6.17. The summed E-state index contributed by atoms with van der Waals surface area (Å²) in [6.45, 7) is 0. The Hall–Kier alpha value is -1.33. The van der Waals surface area contributed by atoms with E-state index in [1.165, 1.54) is 32.1 Å². The van der Waals surface area contributed by atoms with Gasteiger partial charge in [0.05, 0.1) is 11.7 Å². The van der Waals surface area contributed by atoms with Gasteiger partial charge in [0.25, 0.3) is 0 Å². The second-order valence-electron chi connectivity index (χ2n) is 7.88. The summed E-state index contributed by atoms with van der Waals surface area (Å²) in [5, 5.41) is 9.08. The average Bonchev–Trinajstić information content (AvgIpc) is 2.46. The van der Waals surface area contributed by atoms with Crippen LogP contribution in [0, 0.1) is 29.1 Å². The van der Waals surface area contributed by atoms with E-state index in [9.17, 15) is 0 Å². The van der Waals surface area contributed by atoms with Gasteiger partial charge in [0.15, 0.2) is 0 Å². The maximum absolute atomic E-state index is 9.08. The van der Waals surface area contributed by atoms with Crippen molar-refractivity contribution in [2.24, 2.45) is 17.8 Å². The van der Waals surface area contributed by atoms with Crippen molar-refractivity contribution < 1.29 is 4.74 Å². The van der Waals surface area contributed by atoms with E-state index in [4.69, 9.17) is 10.00 Å². The molecule has 3 unspecified atom stereocenters. The lowest BCUT2D eigenvalue weighted by molar-refractivity contribution is -0.294. The van der Waals surface area contributed by atoms with Crippen LogP contribution in [0.15, 0.2) is 30.3 Å². The number of ether oxygens (including phenoxy) is 1. The molecule has 108 valence electrons. The topological polar surface area (TPSA) is 33.0 Å². The Morgan fingerprint density at radius 3 is 2.29 bits per heavy atom. The number of rotatable bonds is 1. The van der Waals surface area contributed by atoms with E-state index >= 15 is 0 Å². The third kappa shape index (κ3) is 1.46. The molecular weight excluding hydrogens is 258 g/mol. The van der Waals surface area contributed by atoms with E-state index in [-0.39, 0.29) is 11.7 Å². The highest BCUT2D eigenvalue weighted by molar-refractivity contribution is 5.32. The molecule has 21 heavy (non-hydrogen) atoms. The molecule has 5 fully saturated rings. The third-order valence-corrected chi connectivity index (χ3v) is 6.97. The highest BCUT2D eigenvalue weighted by Gasteiger charge is 2.67. The van der Waals surface area contributed by atoms with Gasteiger partial charge in [-0.1, -0.05) is 30.3 Å². The molecule has 1 saturated heterocycles. The van der Waals surface area contributed by atoms with Crippen molar-refractivity contribution in [3.05, 3.63) is 35.9 Å². The Labute approximate surface area is 126 Å². The largest absolute Gasteiger partial charge is 0.356 e. The quantitative estimate of drug-likeness (QED) is 0.783. The summed E-state index contributed by atoms with van der Waals surface area (Å²) in [4.78, 5) is 0. The van der Waals surface area contributed by atoms with Crippen molar-refractivity contribution in [1.29, 1.82) is 5.26 Å². The van der Waals surface area contributed by atoms with Crippen molar-refractivity contribution >= 4 is 0 Å². The molecule has 0 aromatic heterocycles. The van der Waals surface area contributed by atoms with Crippen LogP contribution in [0.4, 0.5) is 0 Å². The summed E-state index contributed by atoms with van der Waals surface area (Å²) in [6.07, 6.45) is 7.48. The fraction of sp³-hybridized carbons (Fsp3) is 0.632. The molecule has 1 aliphatic heterocycles. The van der Waals surface area contributed by atoms with Gasteiger partial charge in [0.2, 0.25) is 0 Å². The molecule has 1 heterocycles. The summed E-state index contributed by atoms with van der Waals surface area (Å²) in [5.74, 6) is 2.26. The monoisotopic (exact) mass is 279 g/mol. The van der Waals surface area contributed by atoms with Gasteiger partial charge in [-0.15, -0.1) is 0 Å². The Morgan fingerprint density at radius 1 is 1.00 bits per heavy atom. The lowest BCUT2D eigenvalue weighted by Gasteiger charge is -2.68. The van der Waals surface area contributed by atoms with E-state index in [2.05, 4.69) is 36.4 Å². The maximum Gasteiger partial charge on any atom is 0.147 e. The molecule has 2 nitrogen and oxygen atoms in total. The van der Waals surface area contributed by atoms with Gasteiger partial charge in [0, 0.05) is 6.42 Å². The first-order valence-electron chi connectivity index (χ1n) is 8.37. The Morgan fingerprint density at radius 2 is 1.67 bits per heavy atom. The predicted molar refractivity (Wildman–Crippen MR) is 79.5 cm³/mol. The Balaban J connectivity index is 1.52. The van der Waals surface area contributed by atoms with Crippen LogP contribution in [0.2, 0.25) is 0 Å². The average molecular weight is 279 g/mol. The minimum absolute atomic E-state index is 0.0790. The molecule has 4 bridgehead atoms. The molecule has 6 rings (SSSR count). The second kappa shape index (κ2) is 3.90. The number of benzene rings is 1. The first-order valence-corrected chi connectivity index (χ1v) is 8.37. The molecule has 0 amide bonds. The molecule has 4 saturated carbocycles. The van der Waals surface area contributed by atoms with Crippen molar-refractivity contribution in [1.82, 2.24) is 0 Å². The molecule has 1 aromatic carbocycles. The van der Waals surface area contributed by atoms with Gasteiger partial charge in [0.1, 0.15) is 6.10 Å². The van der Waals surface area contributed by atoms with Crippen LogP contribution < -0.4 is 0 Å². The van der Waals surface area contributed by atoms with Gasteiger partial charge in [-0.3, -0.25) is 0 Å². The maximum atomic E-state index is 9.08. The summed E-state index contributed by atoms with van der Waals surface area (Å²) >= 11 is 0. The minimum Gasteiger partial charge on any atom is -0.356 e. The Bertz CT molecular complexity index is 592. The fourth-order valence-corrected chi connectivity index (χ4v) is 6.35. The number of nitriles is 1. The SMILES string of the molecule is N#CC1CC2(O1)C1CC3CC2CC(c2ccccc2)(C3)C1. The highest BCUT2D eigenvalue weighted by Crippen LogP contribution is 2.68. The summed E-state index contributed by atoms with van der Waals surface area (Å²) in [7, 11) is 0. The first-order chi connectivity index (χ1) is 10.2.